The molecular weight excluding hydrogens is 328 g/mol. The fourth-order valence-corrected chi connectivity index (χ4v) is 4.42. The SMILES string of the molecule is Cn1cccc(CS(=O)(=O)Cc2nnc(C3CC3)n2C2CC2)c1=O. The Labute approximate surface area is 140 Å². The fourth-order valence-electron chi connectivity index (χ4n) is 3.03. The first-order chi connectivity index (χ1) is 11.4. The van der Waals surface area contributed by atoms with Crippen LogP contribution < -0.4 is 5.56 Å². The second-order valence-electron chi connectivity index (χ2n) is 6.83. The molecule has 2 aromatic rings. The van der Waals surface area contributed by atoms with E-state index in [4.69, 9.17) is 0 Å². The first-order valence-corrected chi connectivity index (χ1v) is 10.1. The van der Waals surface area contributed by atoms with Crippen molar-refractivity contribution < 1.29 is 8.42 Å². The first kappa shape index (κ1) is 15.6. The molecule has 2 saturated carbocycles. The average molecular weight is 348 g/mol. The van der Waals surface area contributed by atoms with Crippen molar-refractivity contribution in [3.05, 3.63) is 45.9 Å². The molecule has 0 radical (unpaired) electrons. The standard InChI is InChI=1S/C16H20N4O3S/c1-19-8-2-3-12(16(19)21)9-24(22,23)10-14-17-18-15(11-4-5-11)20(14)13-6-7-13/h2-3,8,11,13H,4-7,9-10H2,1H3. The third-order valence-corrected chi connectivity index (χ3v) is 6.02. The van der Waals surface area contributed by atoms with Crippen LogP contribution in [0.1, 0.15) is 54.9 Å². The van der Waals surface area contributed by atoms with E-state index in [1.54, 1.807) is 25.4 Å². The van der Waals surface area contributed by atoms with Gasteiger partial charge in [-0.15, -0.1) is 10.2 Å². The second-order valence-corrected chi connectivity index (χ2v) is 8.90. The monoisotopic (exact) mass is 348 g/mol. The van der Waals surface area contributed by atoms with Crippen LogP contribution in [-0.2, 0) is 28.4 Å². The Hall–Kier alpha value is -1.96. The molecule has 2 fully saturated rings. The van der Waals surface area contributed by atoms with Crippen molar-refractivity contribution >= 4 is 9.84 Å². The Bertz CT molecular complexity index is 936. The molecule has 0 aromatic carbocycles. The summed E-state index contributed by atoms with van der Waals surface area (Å²) in [4.78, 5) is 12.1. The average Bonchev–Trinajstić information content (AvgIpc) is 3.42. The zero-order valence-corrected chi connectivity index (χ0v) is 14.4. The van der Waals surface area contributed by atoms with Crippen LogP contribution in [0, 0.1) is 0 Å². The lowest BCUT2D eigenvalue weighted by atomic mass is 10.3. The van der Waals surface area contributed by atoms with Crippen LogP contribution in [0.3, 0.4) is 0 Å². The van der Waals surface area contributed by atoms with Gasteiger partial charge in [0.25, 0.3) is 5.56 Å². The summed E-state index contributed by atoms with van der Waals surface area (Å²) in [6.07, 6.45) is 5.95. The quantitative estimate of drug-likeness (QED) is 0.785. The zero-order chi connectivity index (χ0) is 16.9. The summed E-state index contributed by atoms with van der Waals surface area (Å²) >= 11 is 0. The third-order valence-electron chi connectivity index (χ3n) is 4.57. The number of pyridine rings is 1. The molecule has 2 aliphatic carbocycles. The van der Waals surface area contributed by atoms with E-state index >= 15 is 0 Å². The Morgan fingerprint density at radius 3 is 2.58 bits per heavy atom. The highest BCUT2D eigenvalue weighted by Gasteiger charge is 2.37. The largest absolute Gasteiger partial charge is 0.318 e. The second kappa shape index (κ2) is 5.54. The van der Waals surface area contributed by atoms with E-state index < -0.39 is 9.84 Å². The van der Waals surface area contributed by atoms with E-state index in [1.165, 1.54) is 4.57 Å². The lowest BCUT2D eigenvalue weighted by Crippen LogP contribution is -2.23. The zero-order valence-electron chi connectivity index (χ0n) is 13.6. The molecule has 24 heavy (non-hydrogen) atoms. The van der Waals surface area contributed by atoms with E-state index in [1.807, 2.05) is 4.57 Å². The van der Waals surface area contributed by atoms with Crippen LogP contribution in [-0.4, -0.2) is 27.7 Å². The van der Waals surface area contributed by atoms with Crippen molar-refractivity contribution in [2.75, 3.05) is 0 Å². The van der Waals surface area contributed by atoms with Crippen molar-refractivity contribution in [3.63, 3.8) is 0 Å². The minimum atomic E-state index is -3.48. The third kappa shape index (κ3) is 3.02. The van der Waals surface area contributed by atoms with Crippen LogP contribution in [0.4, 0.5) is 0 Å². The lowest BCUT2D eigenvalue weighted by molar-refractivity contribution is 0.587. The van der Waals surface area contributed by atoms with Gasteiger partial charge in [0.2, 0.25) is 0 Å². The maximum absolute atomic E-state index is 12.6. The van der Waals surface area contributed by atoms with Crippen LogP contribution in [0.5, 0.6) is 0 Å². The minimum absolute atomic E-state index is 0.165. The highest BCUT2D eigenvalue weighted by Crippen LogP contribution is 2.44. The molecule has 7 nitrogen and oxygen atoms in total. The highest BCUT2D eigenvalue weighted by molar-refractivity contribution is 7.89. The van der Waals surface area contributed by atoms with Crippen molar-refractivity contribution in [1.82, 2.24) is 19.3 Å². The molecule has 0 aliphatic heterocycles. The van der Waals surface area contributed by atoms with Crippen LogP contribution in [0.2, 0.25) is 0 Å². The molecule has 2 aliphatic rings. The minimum Gasteiger partial charge on any atom is -0.318 e. The summed E-state index contributed by atoms with van der Waals surface area (Å²) in [6, 6.07) is 3.61. The van der Waals surface area contributed by atoms with Gasteiger partial charge in [0.05, 0.1) is 5.75 Å². The van der Waals surface area contributed by atoms with Crippen LogP contribution in [0.15, 0.2) is 23.1 Å². The van der Waals surface area contributed by atoms with Gasteiger partial charge >= 0.3 is 0 Å². The van der Waals surface area contributed by atoms with Gasteiger partial charge in [-0.1, -0.05) is 6.07 Å². The predicted molar refractivity (Wildman–Crippen MR) is 88.3 cm³/mol. The molecule has 0 spiro atoms. The molecule has 4 rings (SSSR count). The van der Waals surface area contributed by atoms with Gasteiger partial charge in [-0.25, -0.2) is 8.42 Å². The van der Waals surface area contributed by atoms with E-state index in [0.717, 1.165) is 31.5 Å². The molecule has 2 aromatic heterocycles. The van der Waals surface area contributed by atoms with Crippen LogP contribution in [0.25, 0.3) is 0 Å². The number of hydrogen-bond donors (Lipinski definition) is 0. The molecule has 0 bridgehead atoms. The Balaban J connectivity index is 1.60. The lowest BCUT2D eigenvalue weighted by Gasteiger charge is -2.09. The molecule has 2 heterocycles. The van der Waals surface area contributed by atoms with Crippen molar-refractivity contribution in [2.45, 2.75) is 49.1 Å². The van der Waals surface area contributed by atoms with Gasteiger partial charge in [0.1, 0.15) is 17.4 Å². The Morgan fingerprint density at radius 2 is 1.92 bits per heavy atom. The maximum Gasteiger partial charge on any atom is 0.254 e. The molecular formula is C16H20N4O3S. The molecule has 0 unspecified atom stereocenters. The van der Waals surface area contributed by atoms with E-state index in [0.29, 0.717) is 23.3 Å². The summed E-state index contributed by atoms with van der Waals surface area (Å²) in [5, 5.41) is 8.40. The van der Waals surface area contributed by atoms with Crippen LogP contribution >= 0.6 is 0 Å². The summed E-state index contributed by atoms with van der Waals surface area (Å²) in [5.41, 5.74) is 0.0170. The van der Waals surface area contributed by atoms with E-state index in [9.17, 15) is 13.2 Å². The van der Waals surface area contributed by atoms with E-state index in [-0.39, 0.29) is 17.1 Å². The van der Waals surface area contributed by atoms with Gasteiger partial charge in [-0.05, 0) is 31.7 Å². The summed E-state index contributed by atoms with van der Waals surface area (Å²) in [6.45, 7) is 0. The summed E-state index contributed by atoms with van der Waals surface area (Å²) < 4.78 is 28.6. The van der Waals surface area contributed by atoms with Gasteiger partial charge < -0.3 is 9.13 Å². The van der Waals surface area contributed by atoms with E-state index in [2.05, 4.69) is 10.2 Å². The number of rotatable bonds is 6. The molecule has 0 atom stereocenters. The summed E-state index contributed by atoms with van der Waals surface area (Å²) in [5.74, 6) is 1.47. The predicted octanol–water partition coefficient (Wildman–Crippen LogP) is 1.30. The molecule has 0 N–H and O–H groups in total. The molecule has 128 valence electrons. The van der Waals surface area contributed by atoms with Gasteiger partial charge in [0.15, 0.2) is 9.84 Å². The first-order valence-electron chi connectivity index (χ1n) is 8.23. The number of nitrogens with zero attached hydrogens (tertiary/aromatic N) is 4. The highest BCUT2D eigenvalue weighted by atomic mass is 32.2. The van der Waals surface area contributed by atoms with Gasteiger partial charge in [-0.3, -0.25) is 4.79 Å². The number of hydrogen-bond acceptors (Lipinski definition) is 5. The summed E-state index contributed by atoms with van der Waals surface area (Å²) in [7, 11) is -1.87. The fraction of sp³-hybridized carbons (Fsp3) is 0.562. The van der Waals surface area contributed by atoms with Gasteiger partial charge in [0, 0.05) is 30.8 Å². The topological polar surface area (TPSA) is 86.8 Å². The molecule has 0 amide bonds. The molecule has 8 heteroatoms. The maximum atomic E-state index is 12.6. The Morgan fingerprint density at radius 1 is 1.17 bits per heavy atom. The smallest absolute Gasteiger partial charge is 0.254 e. The van der Waals surface area contributed by atoms with Crippen molar-refractivity contribution in [2.24, 2.45) is 7.05 Å². The van der Waals surface area contributed by atoms with Crippen molar-refractivity contribution in [1.29, 1.82) is 0 Å². The number of aryl methyl sites for hydroxylation is 1. The Kier molecular flexibility index (Phi) is 3.59. The number of aromatic nitrogens is 4. The normalized spacial score (nSPS) is 18.0. The number of sulfone groups is 1. The molecule has 0 saturated heterocycles. The van der Waals surface area contributed by atoms with Crippen molar-refractivity contribution in [3.8, 4) is 0 Å². The van der Waals surface area contributed by atoms with Gasteiger partial charge in [-0.2, -0.15) is 0 Å².